The van der Waals surface area contributed by atoms with Gasteiger partial charge >= 0.3 is 0 Å². The zero-order valence-corrected chi connectivity index (χ0v) is 14.3. The summed E-state index contributed by atoms with van der Waals surface area (Å²) in [5.74, 6) is 1.74. The molecule has 2 fully saturated rings. The lowest BCUT2D eigenvalue weighted by atomic mass is 9.81. The molecule has 2 aliphatic rings. The molecule has 0 aromatic carbocycles. The minimum atomic E-state index is 0.570. The Kier molecular flexibility index (Phi) is 5.92. The Bertz CT molecular complexity index is 283. The molecule has 0 spiro atoms. The Morgan fingerprint density at radius 3 is 2.50 bits per heavy atom. The second kappa shape index (κ2) is 7.26. The van der Waals surface area contributed by atoms with E-state index in [-0.39, 0.29) is 0 Å². The van der Waals surface area contributed by atoms with Crippen LogP contribution in [0.5, 0.6) is 0 Å². The first-order chi connectivity index (χ1) is 9.56. The molecule has 0 aromatic rings. The smallest absolute Gasteiger partial charge is 0.00930 e. The summed E-state index contributed by atoms with van der Waals surface area (Å²) in [6, 6.07) is 0.773. The Balaban J connectivity index is 1.96. The Labute approximate surface area is 126 Å². The lowest BCUT2D eigenvalue weighted by Crippen LogP contribution is -2.51. The summed E-state index contributed by atoms with van der Waals surface area (Å²) in [4.78, 5) is 2.82. The van der Waals surface area contributed by atoms with Crippen LogP contribution in [0.25, 0.3) is 0 Å². The van der Waals surface area contributed by atoms with E-state index in [1.165, 1.54) is 64.7 Å². The normalized spacial score (nSPS) is 34.5. The summed E-state index contributed by atoms with van der Waals surface area (Å²) in [7, 11) is 0. The summed E-state index contributed by atoms with van der Waals surface area (Å²) >= 11 is 0. The lowest BCUT2D eigenvalue weighted by molar-refractivity contribution is 0.0371. The zero-order valence-electron chi connectivity index (χ0n) is 14.3. The van der Waals surface area contributed by atoms with Gasteiger partial charge in [-0.1, -0.05) is 33.6 Å². The van der Waals surface area contributed by atoms with Gasteiger partial charge in [-0.05, 0) is 56.4 Å². The predicted molar refractivity (Wildman–Crippen MR) is 88.0 cm³/mol. The monoisotopic (exact) mass is 280 g/mol. The summed E-state index contributed by atoms with van der Waals surface area (Å²) < 4.78 is 0. The molecule has 0 bridgehead atoms. The molecule has 1 saturated carbocycles. The molecule has 1 N–H and O–H groups in total. The van der Waals surface area contributed by atoms with Gasteiger partial charge in [0.05, 0.1) is 0 Å². The molecular weight excluding hydrogens is 244 g/mol. The molecule has 1 aliphatic carbocycles. The van der Waals surface area contributed by atoms with Gasteiger partial charge in [0.15, 0.2) is 0 Å². The Hall–Kier alpha value is -0.0800. The fourth-order valence-electron chi connectivity index (χ4n) is 4.52. The van der Waals surface area contributed by atoms with Crippen molar-refractivity contribution in [2.24, 2.45) is 17.3 Å². The van der Waals surface area contributed by atoms with Gasteiger partial charge < -0.3 is 5.32 Å². The lowest BCUT2D eigenvalue weighted by Gasteiger charge is -2.45. The van der Waals surface area contributed by atoms with E-state index < -0.39 is 0 Å². The molecule has 20 heavy (non-hydrogen) atoms. The molecule has 2 nitrogen and oxygen atoms in total. The SMILES string of the molecule is CCCNCC1(CN2CC(C)CC(C)C2C)CCCC1. The number of rotatable bonds is 6. The molecule has 1 aliphatic heterocycles. The molecule has 2 heteroatoms. The second-order valence-electron chi connectivity index (χ2n) is 7.87. The molecule has 0 amide bonds. The third-order valence-corrected chi connectivity index (χ3v) is 5.85. The number of likely N-dealkylation sites (tertiary alicyclic amines) is 1. The summed E-state index contributed by atoms with van der Waals surface area (Å²) in [5, 5.41) is 3.72. The van der Waals surface area contributed by atoms with Crippen LogP contribution < -0.4 is 5.32 Å². The maximum Gasteiger partial charge on any atom is 0.00930 e. The zero-order chi connectivity index (χ0) is 14.6. The van der Waals surface area contributed by atoms with E-state index in [0.717, 1.165) is 17.9 Å². The van der Waals surface area contributed by atoms with Gasteiger partial charge in [-0.3, -0.25) is 4.90 Å². The number of hydrogen-bond acceptors (Lipinski definition) is 2. The van der Waals surface area contributed by atoms with Gasteiger partial charge in [0, 0.05) is 25.7 Å². The average molecular weight is 281 g/mol. The number of nitrogens with zero attached hydrogens (tertiary/aromatic N) is 1. The standard InChI is InChI=1S/C18H36N2/c1-5-10-19-13-18(8-6-7-9-18)14-20-12-15(2)11-16(3)17(20)4/h15-17,19H,5-14H2,1-4H3. The van der Waals surface area contributed by atoms with Crippen LogP contribution in [0.4, 0.5) is 0 Å². The van der Waals surface area contributed by atoms with E-state index >= 15 is 0 Å². The van der Waals surface area contributed by atoms with Crippen LogP contribution in [0, 0.1) is 17.3 Å². The first kappa shape index (κ1) is 16.3. The maximum atomic E-state index is 3.72. The second-order valence-corrected chi connectivity index (χ2v) is 7.87. The van der Waals surface area contributed by atoms with Crippen molar-refractivity contribution in [2.45, 2.75) is 72.3 Å². The fraction of sp³-hybridized carbons (Fsp3) is 1.00. The molecule has 3 atom stereocenters. The van der Waals surface area contributed by atoms with Crippen LogP contribution >= 0.6 is 0 Å². The van der Waals surface area contributed by atoms with Crippen LogP contribution in [-0.4, -0.2) is 37.1 Å². The third kappa shape index (κ3) is 3.98. The van der Waals surface area contributed by atoms with E-state index in [0.29, 0.717) is 5.41 Å². The summed E-state index contributed by atoms with van der Waals surface area (Å²) in [6.07, 6.45) is 8.44. The Morgan fingerprint density at radius 2 is 1.85 bits per heavy atom. The van der Waals surface area contributed by atoms with Crippen molar-refractivity contribution in [3.8, 4) is 0 Å². The van der Waals surface area contributed by atoms with Crippen molar-refractivity contribution in [3.05, 3.63) is 0 Å². The van der Waals surface area contributed by atoms with E-state index in [9.17, 15) is 0 Å². The first-order valence-corrected chi connectivity index (χ1v) is 9.01. The fourth-order valence-corrected chi connectivity index (χ4v) is 4.52. The van der Waals surface area contributed by atoms with Crippen LogP contribution in [-0.2, 0) is 0 Å². The van der Waals surface area contributed by atoms with Crippen molar-refractivity contribution in [2.75, 3.05) is 26.2 Å². The number of piperidine rings is 1. The van der Waals surface area contributed by atoms with Crippen molar-refractivity contribution in [3.63, 3.8) is 0 Å². The average Bonchev–Trinajstić information content (AvgIpc) is 2.84. The maximum absolute atomic E-state index is 3.72. The highest BCUT2D eigenvalue weighted by Crippen LogP contribution is 2.40. The highest BCUT2D eigenvalue weighted by atomic mass is 15.2. The molecule has 118 valence electrons. The van der Waals surface area contributed by atoms with Crippen LogP contribution in [0.3, 0.4) is 0 Å². The van der Waals surface area contributed by atoms with Crippen molar-refractivity contribution in [1.82, 2.24) is 10.2 Å². The topological polar surface area (TPSA) is 15.3 Å². The quantitative estimate of drug-likeness (QED) is 0.742. The van der Waals surface area contributed by atoms with Crippen molar-refractivity contribution >= 4 is 0 Å². The molecule has 3 unspecified atom stereocenters. The number of hydrogen-bond donors (Lipinski definition) is 1. The van der Waals surface area contributed by atoms with E-state index in [4.69, 9.17) is 0 Å². The molecule has 0 radical (unpaired) electrons. The van der Waals surface area contributed by atoms with Crippen LogP contribution in [0.2, 0.25) is 0 Å². The minimum absolute atomic E-state index is 0.570. The third-order valence-electron chi connectivity index (χ3n) is 5.85. The van der Waals surface area contributed by atoms with Gasteiger partial charge in [-0.25, -0.2) is 0 Å². The highest BCUT2D eigenvalue weighted by Gasteiger charge is 2.38. The molecular formula is C18H36N2. The van der Waals surface area contributed by atoms with Gasteiger partial charge in [0.1, 0.15) is 0 Å². The molecule has 1 saturated heterocycles. The van der Waals surface area contributed by atoms with Crippen LogP contribution in [0.15, 0.2) is 0 Å². The largest absolute Gasteiger partial charge is 0.316 e. The van der Waals surface area contributed by atoms with Gasteiger partial charge in [-0.2, -0.15) is 0 Å². The van der Waals surface area contributed by atoms with Crippen molar-refractivity contribution in [1.29, 1.82) is 0 Å². The van der Waals surface area contributed by atoms with Crippen molar-refractivity contribution < 1.29 is 0 Å². The Morgan fingerprint density at radius 1 is 1.15 bits per heavy atom. The summed E-state index contributed by atoms with van der Waals surface area (Å²) in [6.45, 7) is 14.7. The summed E-state index contributed by atoms with van der Waals surface area (Å²) in [5.41, 5.74) is 0.570. The molecule has 0 aromatic heterocycles. The predicted octanol–water partition coefficient (Wildman–Crippen LogP) is 3.91. The molecule has 1 heterocycles. The minimum Gasteiger partial charge on any atom is -0.316 e. The van der Waals surface area contributed by atoms with Gasteiger partial charge in [-0.15, -0.1) is 0 Å². The van der Waals surface area contributed by atoms with Gasteiger partial charge in [0.2, 0.25) is 0 Å². The van der Waals surface area contributed by atoms with E-state index in [1.54, 1.807) is 0 Å². The van der Waals surface area contributed by atoms with Crippen LogP contribution in [0.1, 0.15) is 66.2 Å². The molecule has 2 rings (SSSR count). The van der Waals surface area contributed by atoms with E-state index in [2.05, 4.69) is 37.9 Å². The number of nitrogens with one attached hydrogen (secondary N) is 1. The first-order valence-electron chi connectivity index (χ1n) is 9.01. The van der Waals surface area contributed by atoms with Gasteiger partial charge in [0.25, 0.3) is 0 Å². The van der Waals surface area contributed by atoms with E-state index in [1.807, 2.05) is 0 Å². The highest BCUT2D eigenvalue weighted by molar-refractivity contribution is 4.93.